The molecule has 0 saturated carbocycles. The maximum absolute atomic E-state index is 7.66. The first-order chi connectivity index (χ1) is 14.0. The van der Waals surface area contributed by atoms with E-state index >= 15 is 0 Å². The lowest BCUT2D eigenvalue weighted by molar-refractivity contribution is 0.975. The molecule has 1 heterocycles. The number of hydrogen-bond donors (Lipinski definition) is 2. The molecule has 29 heavy (non-hydrogen) atoms. The number of para-hydroxylation sites is 2. The van der Waals surface area contributed by atoms with Gasteiger partial charge in [-0.1, -0.05) is 68.4 Å². The Hall–Kier alpha value is -3.00. The van der Waals surface area contributed by atoms with Crippen LogP contribution in [0.2, 0.25) is 0 Å². The van der Waals surface area contributed by atoms with E-state index in [-0.39, 0.29) is 5.03 Å². The number of hydrogen-bond acceptors (Lipinski definition) is 3. The van der Waals surface area contributed by atoms with E-state index in [1.807, 2.05) is 18.2 Å². The van der Waals surface area contributed by atoms with Gasteiger partial charge in [-0.2, -0.15) is 5.26 Å². The highest BCUT2D eigenvalue weighted by atomic mass is 35.5. The van der Waals surface area contributed by atoms with Gasteiger partial charge in [0.2, 0.25) is 0 Å². The zero-order chi connectivity index (χ0) is 21.6. The van der Waals surface area contributed by atoms with Crippen molar-refractivity contribution < 1.29 is 0 Å². The van der Waals surface area contributed by atoms with Gasteiger partial charge in [0.1, 0.15) is 11.1 Å². The lowest BCUT2D eigenvalue weighted by atomic mass is 10.1. The summed E-state index contributed by atoms with van der Waals surface area (Å²) in [5.41, 5.74) is 8.90. The summed E-state index contributed by atoms with van der Waals surface area (Å²) in [5.74, 6) is 5.28. The number of halogens is 1. The predicted octanol–water partition coefficient (Wildman–Crippen LogP) is 6.15. The van der Waals surface area contributed by atoms with Crippen LogP contribution in [0.4, 0.5) is 5.69 Å². The van der Waals surface area contributed by atoms with Crippen molar-refractivity contribution in [2.75, 3.05) is 5.43 Å². The minimum atomic E-state index is 0.0324. The zero-order valence-corrected chi connectivity index (χ0v) is 18.1. The molecule has 0 aliphatic heterocycles. The lowest BCUT2D eigenvalue weighted by Gasteiger charge is -2.10. The van der Waals surface area contributed by atoms with Gasteiger partial charge in [0, 0.05) is 17.6 Å². The average molecular weight is 409 g/mol. The minimum Gasteiger partial charge on any atom is -0.324 e. The smallest absolute Gasteiger partial charge is 0.111 e. The van der Waals surface area contributed by atoms with Crippen LogP contribution >= 0.6 is 11.6 Å². The van der Waals surface area contributed by atoms with Gasteiger partial charge < -0.3 is 9.99 Å². The number of benzene rings is 2. The van der Waals surface area contributed by atoms with Crippen LogP contribution in [0, 0.1) is 18.3 Å². The molecule has 0 fully saturated rings. The van der Waals surface area contributed by atoms with Gasteiger partial charge in [0.15, 0.2) is 0 Å². The van der Waals surface area contributed by atoms with Crippen LogP contribution in [-0.2, 0) is 12.8 Å². The first-order valence-electron chi connectivity index (χ1n) is 9.49. The summed E-state index contributed by atoms with van der Waals surface area (Å²) in [5, 5.41) is 7.69. The number of aryl methyl sites for hydroxylation is 3. The Kier molecular flexibility index (Phi) is 11.0. The molecule has 0 bridgehead atoms. The first-order valence-corrected chi connectivity index (χ1v) is 9.87. The van der Waals surface area contributed by atoms with E-state index in [9.17, 15) is 0 Å². The molecule has 0 saturated heterocycles. The highest BCUT2D eigenvalue weighted by Gasteiger charge is 2.02. The molecule has 0 atom stereocenters. The largest absolute Gasteiger partial charge is 0.324 e. The SMILES string of the molecule is C=C(Cl)C#N.CCc1ccccc1-n1cccc1C.CCc1ccccc1NN. The number of hydrazine groups is 1. The molecule has 0 amide bonds. The molecule has 0 spiro atoms. The fourth-order valence-electron chi connectivity index (χ4n) is 2.75. The molecule has 5 heteroatoms. The molecule has 0 radical (unpaired) electrons. The summed E-state index contributed by atoms with van der Waals surface area (Å²) in [6.45, 7) is 9.51. The summed E-state index contributed by atoms with van der Waals surface area (Å²) < 4.78 is 2.23. The van der Waals surface area contributed by atoms with Crippen molar-refractivity contribution in [3.05, 3.63) is 95.3 Å². The van der Waals surface area contributed by atoms with Crippen LogP contribution in [0.25, 0.3) is 5.69 Å². The van der Waals surface area contributed by atoms with Crippen molar-refractivity contribution in [1.29, 1.82) is 5.26 Å². The van der Waals surface area contributed by atoms with E-state index in [1.54, 1.807) is 6.07 Å². The molecule has 2 aromatic carbocycles. The van der Waals surface area contributed by atoms with Crippen molar-refractivity contribution in [3.63, 3.8) is 0 Å². The normalized spacial score (nSPS) is 9.24. The van der Waals surface area contributed by atoms with Crippen molar-refractivity contribution in [2.24, 2.45) is 5.84 Å². The maximum Gasteiger partial charge on any atom is 0.111 e. The Bertz CT molecular complexity index is 915. The van der Waals surface area contributed by atoms with Gasteiger partial charge in [0.25, 0.3) is 0 Å². The highest BCUT2D eigenvalue weighted by Crippen LogP contribution is 2.17. The third kappa shape index (κ3) is 7.87. The Morgan fingerprint density at radius 1 is 1.03 bits per heavy atom. The van der Waals surface area contributed by atoms with Gasteiger partial charge in [-0.05, 0) is 55.2 Å². The molecule has 0 aliphatic rings. The lowest BCUT2D eigenvalue weighted by Crippen LogP contribution is -2.08. The van der Waals surface area contributed by atoms with Crippen molar-refractivity contribution in [3.8, 4) is 11.8 Å². The molecule has 3 rings (SSSR count). The average Bonchev–Trinajstić information content (AvgIpc) is 3.20. The quantitative estimate of drug-likeness (QED) is 0.309. The third-order valence-electron chi connectivity index (χ3n) is 4.26. The fourth-order valence-corrected chi connectivity index (χ4v) is 2.75. The van der Waals surface area contributed by atoms with E-state index in [4.69, 9.17) is 22.7 Å². The summed E-state index contributed by atoms with van der Waals surface area (Å²) in [6.07, 6.45) is 4.21. The molecule has 4 nitrogen and oxygen atoms in total. The second-order valence-corrected chi connectivity index (χ2v) is 6.63. The number of nitrogens with two attached hydrogens (primary N) is 1. The standard InChI is InChI=1S/C13H15N.C8H12N2.C3H2ClN/c1-3-12-8-4-5-9-13(12)14-10-6-7-11(14)2;1-2-7-5-3-4-6-8(7)10-9;1-3(4)2-5/h4-10H,3H2,1-2H3;3-6,10H,2,9H2,1H3;1H2. The first kappa shape index (κ1) is 24.0. The summed E-state index contributed by atoms with van der Waals surface area (Å²) in [4.78, 5) is 0. The highest BCUT2D eigenvalue weighted by molar-refractivity contribution is 6.31. The fraction of sp³-hybridized carbons (Fsp3) is 0.208. The van der Waals surface area contributed by atoms with E-state index < -0.39 is 0 Å². The summed E-state index contributed by atoms with van der Waals surface area (Å²) >= 11 is 4.91. The number of nitrogen functional groups attached to an aromatic ring is 1. The van der Waals surface area contributed by atoms with Crippen LogP contribution in [0.5, 0.6) is 0 Å². The number of nitriles is 1. The molecule has 3 aromatic rings. The number of aromatic nitrogens is 1. The monoisotopic (exact) mass is 408 g/mol. The van der Waals surface area contributed by atoms with Crippen LogP contribution < -0.4 is 11.3 Å². The number of allylic oxidation sites excluding steroid dienone is 1. The molecule has 0 aliphatic carbocycles. The summed E-state index contributed by atoms with van der Waals surface area (Å²) in [7, 11) is 0. The Morgan fingerprint density at radius 3 is 2.03 bits per heavy atom. The van der Waals surface area contributed by atoms with Crippen molar-refractivity contribution >= 4 is 17.3 Å². The van der Waals surface area contributed by atoms with Gasteiger partial charge >= 0.3 is 0 Å². The minimum absolute atomic E-state index is 0.0324. The Labute approximate surface area is 179 Å². The molecule has 0 unspecified atom stereocenters. The Morgan fingerprint density at radius 2 is 1.59 bits per heavy atom. The second kappa shape index (κ2) is 13.2. The number of nitrogens with one attached hydrogen (secondary N) is 1. The van der Waals surface area contributed by atoms with Crippen molar-refractivity contribution in [2.45, 2.75) is 33.6 Å². The predicted molar refractivity (Wildman–Crippen MR) is 124 cm³/mol. The number of nitrogens with zero attached hydrogens (tertiary/aromatic N) is 2. The van der Waals surface area contributed by atoms with Crippen LogP contribution in [-0.4, -0.2) is 4.57 Å². The van der Waals surface area contributed by atoms with Crippen LogP contribution in [0.15, 0.2) is 78.5 Å². The molecule has 152 valence electrons. The van der Waals surface area contributed by atoms with Gasteiger partial charge in [-0.25, -0.2) is 0 Å². The van der Waals surface area contributed by atoms with E-state index in [2.05, 4.69) is 86.0 Å². The molecule has 1 aromatic heterocycles. The van der Waals surface area contributed by atoms with E-state index in [0.29, 0.717) is 0 Å². The van der Waals surface area contributed by atoms with Gasteiger partial charge in [-0.3, -0.25) is 5.84 Å². The van der Waals surface area contributed by atoms with Gasteiger partial charge in [0.05, 0.1) is 5.69 Å². The van der Waals surface area contributed by atoms with E-state index in [1.165, 1.54) is 22.5 Å². The Balaban J connectivity index is 0.000000245. The van der Waals surface area contributed by atoms with Crippen LogP contribution in [0.1, 0.15) is 30.7 Å². The van der Waals surface area contributed by atoms with Crippen LogP contribution in [0.3, 0.4) is 0 Å². The third-order valence-corrected chi connectivity index (χ3v) is 4.34. The molecule has 3 N–H and O–H groups in total. The topological polar surface area (TPSA) is 66.8 Å². The zero-order valence-electron chi connectivity index (χ0n) is 17.3. The second-order valence-electron chi connectivity index (χ2n) is 6.17. The number of rotatable bonds is 4. The van der Waals surface area contributed by atoms with Crippen molar-refractivity contribution in [1.82, 2.24) is 4.57 Å². The summed E-state index contributed by atoms with van der Waals surface area (Å²) in [6, 6.07) is 22.4. The maximum atomic E-state index is 7.66. The number of anilines is 1. The molecular weight excluding hydrogens is 380 g/mol. The van der Waals surface area contributed by atoms with E-state index in [0.717, 1.165) is 18.5 Å². The van der Waals surface area contributed by atoms with Gasteiger partial charge in [-0.15, -0.1) is 0 Å². The molecular formula is C24H29ClN4.